The van der Waals surface area contributed by atoms with Crippen molar-refractivity contribution in [3.05, 3.63) is 72.0 Å². The molecule has 0 bridgehead atoms. The zero-order valence-corrected chi connectivity index (χ0v) is 11.5. The van der Waals surface area contributed by atoms with Crippen LogP contribution in [0.5, 0.6) is 0 Å². The molecule has 1 unspecified atom stereocenters. The fraction of sp³-hybridized carbons (Fsp3) is 0.118. The van der Waals surface area contributed by atoms with Gasteiger partial charge in [0.1, 0.15) is 5.58 Å². The van der Waals surface area contributed by atoms with Gasteiger partial charge in [-0.1, -0.05) is 48.5 Å². The maximum absolute atomic E-state index is 12.3. The van der Waals surface area contributed by atoms with Crippen molar-refractivity contribution >= 4 is 16.9 Å². The molecule has 3 rings (SSSR count). The summed E-state index contributed by atoms with van der Waals surface area (Å²) >= 11 is 0. The minimum Gasteiger partial charge on any atom is -0.451 e. The van der Waals surface area contributed by atoms with Gasteiger partial charge in [0.2, 0.25) is 0 Å². The standard InChI is InChI=1S/C17H16N2O2/c18-11-14(12-6-2-1-3-7-12)19-17(20)16-10-13-8-4-5-9-15(13)21-16/h1-10,14H,11,18H2,(H,19,20). The number of hydrogen-bond acceptors (Lipinski definition) is 3. The highest BCUT2D eigenvalue weighted by atomic mass is 16.3. The highest BCUT2D eigenvalue weighted by Crippen LogP contribution is 2.19. The van der Waals surface area contributed by atoms with Crippen molar-refractivity contribution in [1.82, 2.24) is 5.32 Å². The molecule has 0 saturated carbocycles. The number of nitrogens with one attached hydrogen (secondary N) is 1. The van der Waals surface area contributed by atoms with Gasteiger partial charge in [0.25, 0.3) is 5.91 Å². The number of hydrogen-bond donors (Lipinski definition) is 2. The van der Waals surface area contributed by atoms with E-state index >= 15 is 0 Å². The van der Waals surface area contributed by atoms with E-state index in [-0.39, 0.29) is 11.9 Å². The number of furan rings is 1. The third-order valence-corrected chi connectivity index (χ3v) is 3.39. The van der Waals surface area contributed by atoms with Crippen molar-refractivity contribution in [2.24, 2.45) is 5.73 Å². The van der Waals surface area contributed by atoms with Crippen molar-refractivity contribution < 1.29 is 9.21 Å². The van der Waals surface area contributed by atoms with Crippen LogP contribution in [0.25, 0.3) is 11.0 Å². The molecule has 0 aliphatic heterocycles. The Kier molecular flexibility index (Phi) is 3.71. The molecule has 3 aromatic rings. The summed E-state index contributed by atoms with van der Waals surface area (Å²) in [6.45, 7) is 0.329. The van der Waals surface area contributed by atoms with Crippen LogP contribution in [0.1, 0.15) is 22.2 Å². The van der Waals surface area contributed by atoms with Gasteiger partial charge in [-0.25, -0.2) is 0 Å². The monoisotopic (exact) mass is 280 g/mol. The Morgan fingerprint density at radius 2 is 1.81 bits per heavy atom. The largest absolute Gasteiger partial charge is 0.451 e. The molecule has 0 radical (unpaired) electrons. The third kappa shape index (κ3) is 2.80. The zero-order valence-electron chi connectivity index (χ0n) is 11.5. The van der Waals surface area contributed by atoms with Crippen LogP contribution in [0, 0.1) is 0 Å². The Balaban J connectivity index is 1.81. The smallest absolute Gasteiger partial charge is 0.287 e. The summed E-state index contributed by atoms with van der Waals surface area (Å²) in [5.41, 5.74) is 7.44. The predicted octanol–water partition coefficient (Wildman–Crippen LogP) is 2.86. The molecular weight excluding hydrogens is 264 g/mol. The summed E-state index contributed by atoms with van der Waals surface area (Å²) in [5, 5.41) is 3.81. The number of benzene rings is 2. The van der Waals surface area contributed by atoms with Crippen LogP contribution in [-0.4, -0.2) is 12.5 Å². The number of amides is 1. The van der Waals surface area contributed by atoms with Crippen LogP contribution in [-0.2, 0) is 0 Å². The molecule has 1 amide bonds. The van der Waals surface area contributed by atoms with E-state index in [9.17, 15) is 4.79 Å². The molecule has 4 nitrogen and oxygen atoms in total. The van der Waals surface area contributed by atoms with Gasteiger partial charge in [-0.3, -0.25) is 4.79 Å². The first-order valence-electron chi connectivity index (χ1n) is 6.82. The topological polar surface area (TPSA) is 68.3 Å². The molecule has 0 fully saturated rings. The van der Waals surface area contributed by atoms with Crippen LogP contribution in [0.2, 0.25) is 0 Å². The molecule has 21 heavy (non-hydrogen) atoms. The van der Waals surface area contributed by atoms with Crippen LogP contribution in [0.3, 0.4) is 0 Å². The first kappa shape index (κ1) is 13.4. The van der Waals surface area contributed by atoms with Crippen molar-refractivity contribution in [1.29, 1.82) is 0 Å². The van der Waals surface area contributed by atoms with Crippen LogP contribution < -0.4 is 11.1 Å². The van der Waals surface area contributed by atoms with Gasteiger partial charge in [0.05, 0.1) is 6.04 Å². The van der Waals surface area contributed by atoms with Gasteiger partial charge in [0.15, 0.2) is 5.76 Å². The number of fused-ring (bicyclic) bond motifs is 1. The third-order valence-electron chi connectivity index (χ3n) is 3.39. The average Bonchev–Trinajstić information content (AvgIpc) is 2.97. The summed E-state index contributed by atoms with van der Waals surface area (Å²) < 4.78 is 5.56. The molecule has 0 aliphatic carbocycles. The van der Waals surface area contributed by atoms with Gasteiger partial charge < -0.3 is 15.5 Å². The van der Waals surface area contributed by atoms with Gasteiger partial charge >= 0.3 is 0 Å². The number of nitrogens with two attached hydrogens (primary N) is 1. The number of carbonyl (C=O) groups is 1. The zero-order chi connectivity index (χ0) is 14.7. The maximum atomic E-state index is 12.3. The average molecular weight is 280 g/mol. The minimum absolute atomic E-state index is 0.230. The lowest BCUT2D eigenvalue weighted by atomic mass is 10.1. The Morgan fingerprint density at radius 1 is 1.10 bits per heavy atom. The van der Waals surface area contributed by atoms with Crippen LogP contribution in [0.4, 0.5) is 0 Å². The van der Waals surface area contributed by atoms with Crippen molar-refractivity contribution in [2.45, 2.75) is 6.04 Å². The van der Waals surface area contributed by atoms with E-state index in [1.807, 2.05) is 54.6 Å². The molecule has 0 aliphatic rings. The first-order chi connectivity index (χ1) is 10.3. The summed E-state index contributed by atoms with van der Waals surface area (Å²) in [6.07, 6.45) is 0. The quantitative estimate of drug-likeness (QED) is 0.772. The Bertz CT molecular complexity index is 717. The highest BCUT2D eigenvalue weighted by Gasteiger charge is 2.17. The van der Waals surface area contributed by atoms with Crippen molar-refractivity contribution in [3.63, 3.8) is 0 Å². The molecule has 0 saturated heterocycles. The van der Waals surface area contributed by atoms with E-state index < -0.39 is 0 Å². The number of para-hydroxylation sites is 1. The number of rotatable bonds is 4. The molecule has 1 heterocycles. The van der Waals surface area contributed by atoms with Crippen molar-refractivity contribution in [2.75, 3.05) is 6.54 Å². The summed E-state index contributed by atoms with van der Waals surface area (Å²) in [7, 11) is 0. The fourth-order valence-corrected chi connectivity index (χ4v) is 2.29. The molecule has 1 atom stereocenters. The second-order valence-corrected chi connectivity index (χ2v) is 4.82. The van der Waals surface area contributed by atoms with E-state index in [1.54, 1.807) is 6.07 Å². The van der Waals surface area contributed by atoms with E-state index in [2.05, 4.69) is 5.32 Å². The van der Waals surface area contributed by atoms with Gasteiger partial charge in [-0.05, 0) is 17.7 Å². The predicted molar refractivity (Wildman–Crippen MR) is 81.9 cm³/mol. The minimum atomic E-state index is -0.259. The summed E-state index contributed by atoms with van der Waals surface area (Å²) in [5.74, 6) is 0.0380. The van der Waals surface area contributed by atoms with Gasteiger partial charge in [0, 0.05) is 11.9 Å². The molecule has 0 spiro atoms. The van der Waals surface area contributed by atoms with E-state index in [1.165, 1.54) is 0 Å². The Morgan fingerprint density at radius 3 is 2.52 bits per heavy atom. The Labute approximate surface area is 122 Å². The molecule has 106 valence electrons. The number of carbonyl (C=O) groups excluding carboxylic acids is 1. The molecule has 2 aromatic carbocycles. The lowest BCUT2D eigenvalue weighted by Crippen LogP contribution is -2.33. The van der Waals surface area contributed by atoms with E-state index in [0.29, 0.717) is 17.9 Å². The Hall–Kier alpha value is -2.59. The molecule has 4 heteroatoms. The van der Waals surface area contributed by atoms with Gasteiger partial charge in [-0.15, -0.1) is 0 Å². The summed E-state index contributed by atoms with van der Waals surface area (Å²) in [6, 6.07) is 18.7. The second-order valence-electron chi connectivity index (χ2n) is 4.82. The molecule has 1 aromatic heterocycles. The summed E-state index contributed by atoms with van der Waals surface area (Å²) in [4.78, 5) is 12.3. The van der Waals surface area contributed by atoms with Crippen LogP contribution >= 0.6 is 0 Å². The lowest BCUT2D eigenvalue weighted by Gasteiger charge is -2.16. The SMILES string of the molecule is NCC(NC(=O)c1cc2ccccc2o1)c1ccccc1. The van der Waals surface area contributed by atoms with E-state index in [4.69, 9.17) is 10.2 Å². The normalized spacial score (nSPS) is 12.2. The highest BCUT2D eigenvalue weighted by molar-refractivity contribution is 5.96. The second kappa shape index (κ2) is 5.81. The first-order valence-corrected chi connectivity index (χ1v) is 6.82. The van der Waals surface area contributed by atoms with E-state index in [0.717, 1.165) is 10.9 Å². The van der Waals surface area contributed by atoms with Crippen LogP contribution in [0.15, 0.2) is 65.1 Å². The maximum Gasteiger partial charge on any atom is 0.287 e. The van der Waals surface area contributed by atoms with Crippen molar-refractivity contribution in [3.8, 4) is 0 Å². The van der Waals surface area contributed by atoms with Gasteiger partial charge in [-0.2, -0.15) is 0 Å². The lowest BCUT2D eigenvalue weighted by molar-refractivity contribution is 0.0912. The fourth-order valence-electron chi connectivity index (χ4n) is 2.29. The molecule has 3 N–H and O–H groups in total. The molecular formula is C17H16N2O2.